The Morgan fingerprint density at radius 3 is 0.984 bits per heavy atom. The molecule has 0 atom stereocenters. The molecule has 0 saturated carbocycles. The maximum atomic E-state index is 2.61. The van der Waals surface area contributed by atoms with Crippen LogP contribution in [0, 0.1) is 41.5 Å². The molecule has 0 aliphatic carbocycles. The van der Waals surface area contributed by atoms with Crippen molar-refractivity contribution >= 4 is 55.7 Å². The minimum absolute atomic E-state index is 0.0593. The van der Waals surface area contributed by atoms with Crippen molar-refractivity contribution in [2.45, 2.75) is 146 Å². The summed E-state index contributed by atoms with van der Waals surface area (Å²) in [7, 11) is 0. The molecule has 0 saturated heterocycles. The van der Waals surface area contributed by atoms with Gasteiger partial charge in [0.2, 0.25) is 0 Å². The van der Waals surface area contributed by atoms with Gasteiger partial charge in [-0.25, -0.2) is 0 Å². The normalized spacial score (nSPS) is 12.1. The molecule has 0 heterocycles. The first kappa shape index (κ1) is 44.7. The predicted molar refractivity (Wildman–Crippen MR) is 274 cm³/mol. The minimum Gasteiger partial charge on any atom is -0.309 e. The first-order chi connectivity index (χ1) is 29.4. The highest BCUT2D eigenvalue weighted by Gasteiger charge is 2.30. The third kappa shape index (κ3) is 8.94. The molecule has 7 aromatic carbocycles. The van der Waals surface area contributed by atoms with Crippen LogP contribution in [0.15, 0.2) is 109 Å². The first-order valence-corrected chi connectivity index (χ1v) is 23.4. The van der Waals surface area contributed by atoms with Crippen LogP contribution in [0.1, 0.15) is 137 Å². The molecule has 0 unspecified atom stereocenters. The number of rotatable bonds is 12. The van der Waals surface area contributed by atoms with Gasteiger partial charge in [-0.3, -0.25) is 0 Å². The molecule has 7 rings (SSSR count). The molecule has 0 aliphatic heterocycles. The van der Waals surface area contributed by atoms with Gasteiger partial charge in [0.1, 0.15) is 0 Å². The van der Waals surface area contributed by atoms with Gasteiger partial charge in [0, 0.05) is 32.9 Å². The Bertz CT molecular complexity index is 2480. The van der Waals surface area contributed by atoms with Gasteiger partial charge in [-0.2, -0.15) is 0 Å². The van der Waals surface area contributed by atoms with Gasteiger partial charge in [0.25, 0.3) is 0 Å². The highest BCUT2D eigenvalue weighted by atomic mass is 15.2. The summed E-state index contributed by atoms with van der Waals surface area (Å²) in [5.41, 5.74) is 20.4. The maximum absolute atomic E-state index is 2.61. The fraction of sp³-hybridized carbons (Fsp3) is 0.367. The molecule has 0 amide bonds. The van der Waals surface area contributed by atoms with Crippen LogP contribution in [0.4, 0.5) is 34.1 Å². The monoisotopic (exact) mass is 821 g/mol. The fourth-order valence-corrected chi connectivity index (χ4v) is 9.57. The Balaban J connectivity index is 1.71. The number of hydrogen-bond acceptors (Lipinski definition) is 2. The summed E-state index contributed by atoms with van der Waals surface area (Å²) >= 11 is 0. The van der Waals surface area contributed by atoms with Crippen molar-refractivity contribution in [2.75, 3.05) is 9.80 Å². The SMILES string of the molecule is CCCCc1cc(C)c(N(c2ccc(C)cc2)c2c3ccc(C(C)(C)C)cc3c(N(c3ccc(C)cc3)c3c(C)cc(CCCC)cc3C)c3ccc(C(C)(C)C)cc23)c(C)c1. The van der Waals surface area contributed by atoms with Gasteiger partial charge in [-0.15, -0.1) is 0 Å². The molecule has 2 nitrogen and oxygen atoms in total. The average Bonchev–Trinajstić information content (AvgIpc) is 3.21. The molecule has 0 bridgehead atoms. The smallest absolute Gasteiger partial charge is 0.0620 e. The van der Waals surface area contributed by atoms with Crippen molar-refractivity contribution in [1.29, 1.82) is 0 Å². The molecule has 62 heavy (non-hydrogen) atoms. The topological polar surface area (TPSA) is 6.48 Å². The van der Waals surface area contributed by atoms with Gasteiger partial charge in [0.15, 0.2) is 0 Å². The molecule has 322 valence electrons. The van der Waals surface area contributed by atoms with Crippen LogP contribution in [0.2, 0.25) is 0 Å². The van der Waals surface area contributed by atoms with Crippen LogP contribution < -0.4 is 9.80 Å². The number of unbranched alkanes of at least 4 members (excludes halogenated alkanes) is 2. The van der Waals surface area contributed by atoms with Gasteiger partial charge < -0.3 is 9.80 Å². The molecule has 0 N–H and O–H groups in total. The standard InChI is InChI=1S/C60H72N2/c1-15-17-19-45-33-41(5)55(42(6)34-45)61(49-27-21-39(3)22-28-49)57-51-31-25-48(60(12,13)14)38-54(51)58(52-32-26-47(37-53(52)57)59(9,10)11)62(50-29-23-40(4)24-30-50)56-43(7)35-46(20-18-16-2)36-44(56)8/h21-38H,15-20H2,1-14H3. The number of hydrogen-bond donors (Lipinski definition) is 0. The number of fused-ring (bicyclic) bond motifs is 2. The van der Waals surface area contributed by atoms with Crippen molar-refractivity contribution in [3.8, 4) is 0 Å². The second-order valence-electron chi connectivity index (χ2n) is 20.4. The Morgan fingerprint density at radius 1 is 0.371 bits per heavy atom. The molecule has 0 aliphatic rings. The zero-order chi connectivity index (χ0) is 44.7. The van der Waals surface area contributed by atoms with E-state index in [1.165, 1.54) is 137 Å². The summed E-state index contributed by atoms with van der Waals surface area (Å²) in [6.07, 6.45) is 6.96. The fourth-order valence-electron chi connectivity index (χ4n) is 9.57. The van der Waals surface area contributed by atoms with E-state index in [9.17, 15) is 0 Å². The van der Waals surface area contributed by atoms with Crippen LogP contribution in [0.5, 0.6) is 0 Å². The average molecular weight is 821 g/mol. The molecule has 0 aromatic heterocycles. The Morgan fingerprint density at radius 2 is 0.694 bits per heavy atom. The van der Waals surface area contributed by atoms with E-state index in [0.29, 0.717) is 0 Å². The molecule has 7 aromatic rings. The largest absolute Gasteiger partial charge is 0.309 e. The molecular formula is C60H72N2. The lowest BCUT2D eigenvalue weighted by atomic mass is 9.82. The Hall–Kier alpha value is -5.34. The van der Waals surface area contributed by atoms with Crippen molar-refractivity contribution in [3.05, 3.63) is 165 Å². The van der Waals surface area contributed by atoms with Crippen LogP contribution in [0.25, 0.3) is 21.5 Å². The number of benzene rings is 7. The zero-order valence-corrected chi connectivity index (χ0v) is 40.5. The van der Waals surface area contributed by atoms with E-state index in [1.807, 2.05) is 0 Å². The highest BCUT2D eigenvalue weighted by molar-refractivity contribution is 6.24. The number of nitrogens with zero attached hydrogens (tertiary/aromatic N) is 2. The lowest BCUT2D eigenvalue weighted by Crippen LogP contribution is -2.19. The van der Waals surface area contributed by atoms with Crippen LogP contribution in [-0.2, 0) is 23.7 Å². The third-order valence-electron chi connectivity index (χ3n) is 13.0. The molecule has 0 fully saturated rings. The summed E-state index contributed by atoms with van der Waals surface area (Å²) in [5, 5.41) is 5.00. The van der Waals surface area contributed by atoms with Crippen molar-refractivity contribution in [2.24, 2.45) is 0 Å². The Kier molecular flexibility index (Phi) is 12.8. The van der Waals surface area contributed by atoms with E-state index in [2.05, 4.69) is 216 Å². The zero-order valence-electron chi connectivity index (χ0n) is 40.5. The summed E-state index contributed by atoms with van der Waals surface area (Å²) in [5.74, 6) is 0. The van der Waals surface area contributed by atoms with E-state index >= 15 is 0 Å². The molecule has 0 radical (unpaired) electrons. The summed E-state index contributed by atoms with van der Waals surface area (Å²) in [4.78, 5) is 5.22. The molecule has 2 heteroatoms. The lowest BCUT2D eigenvalue weighted by Gasteiger charge is -2.36. The summed E-state index contributed by atoms with van der Waals surface area (Å²) in [6.45, 7) is 32.3. The van der Waals surface area contributed by atoms with E-state index in [-0.39, 0.29) is 10.8 Å². The van der Waals surface area contributed by atoms with E-state index in [0.717, 1.165) is 12.8 Å². The number of anilines is 6. The molecule has 0 spiro atoms. The summed E-state index contributed by atoms with van der Waals surface area (Å²) in [6, 6.07) is 42.9. The first-order valence-electron chi connectivity index (χ1n) is 23.4. The van der Waals surface area contributed by atoms with Crippen LogP contribution in [-0.4, -0.2) is 0 Å². The van der Waals surface area contributed by atoms with Gasteiger partial charge in [-0.05, 0) is 159 Å². The van der Waals surface area contributed by atoms with Crippen molar-refractivity contribution in [1.82, 2.24) is 0 Å². The van der Waals surface area contributed by atoms with Crippen LogP contribution in [0.3, 0.4) is 0 Å². The third-order valence-corrected chi connectivity index (χ3v) is 13.0. The second kappa shape index (κ2) is 17.8. The highest BCUT2D eigenvalue weighted by Crippen LogP contribution is 2.54. The minimum atomic E-state index is -0.0593. The van der Waals surface area contributed by atoms with Crippen LogP contribution >= 0.6 is 0 Å². The van der Waals surface area contributed by atoms with E-state index < -0.39 is 0 Å². The van der Waals surface area contributed by atoms with Gasteiger partial charge in [-0.1, -0.05) is 152 Å². The van der Waals surface area contributed by atoms with Crippen molar-refractivity contribution < 1.29 is 0 Å². The van der Waals surface area contributed by atoms with Crippen molar-refractivity contribution in [3.63, 3.8) is 0 Å². The quantitative estimate of drug-likeness (QED) is 0.0895. The predicted octanol–water partition coefficient (Wildman–Crippen LogP) is 18.1. The summed E-state index contributed by atoms with van der Waals surface area (Å²) < 4.78 is 0. The number of aryl methyl sites for hydroxylation is 8. The van der Waals surface area contributed by atoms with Gasteiger partial charge in [0.05, 0.1) is 22.7 Å². The van der Waals surface area contributed by atoms with Gasteiger partial charge >= 0.3 is 0 Å². The van der Waals surface area contributed by atoms with E-state index in [4.69, 9.17) is 0 Å². The Labute approximate surface area is 375 Å². The second-order valence-corrected chi connectivity index (χ2v) is 20.4. The molecular weight excluding hydrogens is 749 g/mol. The lowest BCUT2D eigenvalue weighted by molar-refractivity contribution is 0.590. The van der Waals surface area contributed by atoms with E-state index in [1.54, 1.807) is 0 Å². The maximum Gasteiger partial charge on any atom is 0.0620 e.